The Balaban J connectivity index is 1.37. The van der Waals surface area contributed by atoms with Gasteiger partial charge < -0.3 is 10.6 Å². The van der Waals surface area contributed by atoms with Gasteiger partial charge in [0.2, 0.25) is 5.91 Å². The van der Waals surface area contributed by atoms with Gasteiger partial charge in [0.15, 0.2) is 0 Å². The number of amides is 1. The molecule has 8 nitrogen and oxygen atoms in total. The van der Waals surface area contributed by atoms with Crippen LogP contribution in [0.25, 0.3) is 32.6 Å². The van der Waals surface area contributed by atoms with E-state index < -0.39 is 12.1 Å². The molecule has 6 aromatic rings. The van der Waals surface area contributed by atoms with E-state index in [9.17, 15) is 18.0 Å². The molecule has 3 heterocycles. The maximum absolute atomic E-state index is 12.4. The van der Waals surface area contributed by atoms with Gasteiger partial charge in [0, 0.05) is 45.6 Å². The molecule has 6 rings (SSSR count). The smallest absolute Gasteiger partial charge is 0.339 e. The molecule has 0 saturated carbocycles. The zero-order valence-corrected chi connectivity index (χ0v) is 20.7. The molecule has 0 aliphatic heterocycles. The first-order chi connectivity index (χ1) is 19.3. The maximum Gasteiger partial charge on any atom is 0.409 e. The lowest BCUT2D eigenvalue weighted by molar-refractivity contribution is -0.112. The van der Waals surface area contributed by atoms with E-state index in [-0.39, 0.29) is 11.9 Å². The van der Waals surface area contributed by atoms with E-state index in [4.69, 9.17) is 5.10 Å². The number of halogens is 3. The summed E-state index contributed by atoms with van der Waals surface area (Å²) in [6.45, 7) is 0.628. The quantitative estimate of drug-likeness (QED) is 0.239. The summed E-state index contributed by atoms with van der Waals surface area (Å²) >= 11 is 0. The van der Waals surface area contributed by atoms with Crippen molar-refractivity contribution in [2.75, 3.05) is 10.6 Å². The van der Waals surface area contributed by atoms with Crippen LogP contribution >= 0.6 is 0 Å². The minimum absolute atomic E-state index is 0.0599. The van der Waals surface area contributed by atoms with Gasteiger partial charge in [0.25, 0.3) is 0 Å². The summed E-state index contributed by atoms with van der Waals surface area (Å²) in [4.78, 5) is 24.7. The van der Waals surface area contributed by atoms with Gasteiger partial charge in [-0.1, -0.05) is 54.6 Å². The van der Waals surface area contributed by atoms with E-state index in [0.717, 1.165) is 32.9 Å². The van der Waals surface area contributed by atoms with E-state index in [1.54, 1.807) is 0 Å². The van der Waals surface area contributed by atoms with Crippen molar-refractivity contribution in [1.82, 2.24) is 24.7 Å². The molecule has 2 N–H and O–H groups in total. The normalized spacial score (nSPS) is 12.0. The van der Waals surface area contributed by atoms with Gasteiger partial charge >= 0.3 is 6.18 Å². The van der Waals surface area contributed by atoms with Crippen LogP contribution in [-0.4, -0.2) is 36.8 Å². The molecule has 0 spiro atoms. The molecule has 0 atom stereocenters. The highest BCUT2D eigenvalue weighted by molar-refractivity contribution is 6.12. The van der Waals surface area contributed by atoms with Crippen molar-refractivity contribution in [1.29, 1.82) is 0 Å². The highest BCUT2D eigenvalue weighted by Crippen LogP contribution is 2.34. The summed E-state index contributed by atoms with van der Waals surface area (Å²) in [7, 11) is 0. The molecule has 0 bridgehead atoms. The Kier molecular flexibility index (Phi) is 6.31. The second-order valence-electron chi connectivity index (χ2n) is 9.02. The summed E-state index contributed by atoms with van der Waals surface area (Å²) in [5, 5.41) is 13.9. The molecule has 0 aliphatic carbocycles. The van der Waals surface area contributed by atoms with Crippen molar-refractivity contribution < 1.29 is 18.0 Å². The Labute approximate surface area is 225 Å². The Morgan fingerprint density at radius 1 is 0.925 bits per heavy atom. The van der Waals surface area contributed by atoms with Crippen molar-refractivity contribution >= 4 is 55.8 Å². The van der Waals surface area contributed by atoms with Gasteiger partial charge in [0.05, 0.1) is 18.3 Å². The Hall–Kier alpha value is -5.32. The molecule has 198 valence electrons. The van der Waals surface area contributed by atoms with Crippen LogP contribution in [0.1, 0.15) is 5.56 Å². The van der Waals surface area contributed by atoms with Gasteiger partial charge in [-0.05, 0) is 17.7 Å². The number of hydrogen-bond donors (Lipinski definition) is 2. The van der Waals surface area contributed by atoms with Crippen molar-refractivity contribution in [2.45, 2.75) is 12.7 Å². The second-order valence-corrected chi connectivity index (χ2v) is 9.02. The largest absolute Gasteiger partial charge is 0.409 e. The molecule has 0 aliphatic rings. The van der Waals surface area contributed by atoms with E-state index in [0.29, 0.717) is 29.3 Å². The van der Waals surface area contributed by atoms with E-state index >= 15 is 0 Å². The van der Waals surface area contributed by atoms with E-state index in [1.807, 2.05) is 59.4 Å². The highest BCUT2D eigenvalue weighted by Gasteiger charge is 2.22. The number of rotatable bonds is 6. The first-order valence-corrected chi connectivity index (χ1v) is 12.2. The zero-order chi connectivity index (χ0) is 27.7. The van der Waals surface area contributed by atoms with E-state index in [2.05, 4.69) is 37.7 Å². The molecule has 3 aromatic carbocycles. The van der Waals surface area contributed by atoms with Gasteiger partial charge in [-0.3, -0.25) is 9.48 Å². The minimum atomic E-state index is -4.60. The molecule has 11 heteroatoms. The zero-order valence-electron chi connectivity index (χ0n) is 20.7. The van der Waals surface area contributed by atoms with Crippen molar-refractivity contribution in [3.05, 3.63) is 103 Å². The van der Waals surface area contributed by atoms with Crippen LogP contribution in [-0.2, 0) is 11.3 Å². The Morgan fingerprint density at radius 2 is 1.70 bits per heavy atom. The molecule has 0 saturated heterocycles. The fourth-order valence-electron chi connectivity index (χ4n) is 4.46. The highest BCUT2D eigenvalue weighted by atomic mass is 19.4. The maximum atomic E-state index is 12.4. The number of pyridine rings is 1. The van der Waals surface area contributed by atoms with Gasteiger partial charge in [-0.15, -0.1) is 0 Å². The SMILES string of the molecule is O=C(C=CC(F)(F)F)Nc1cc2c(Nc3cc4cn(Cc5ccccc5)nc4c4ccccc34)ncnc2cn1. The fraction of sp³-hybridized carbons (Fsp3) is 0.0690. The molecule has 0 radical (unpaired) electrons. The van der Waals surface area contributed by atoms with Crippen LogP contribution in [0, 0.1) is 0 Å². The number of fused-ring (bicyclic) bond motifs is 4. The number of carbonyl (C=O) groups excluding carboxylic acids is 1. The summed E-state index contributed by atoms with van der Waals surface area (Å²) < 4.78 is 39.2. The minimum Gasteiger partial charge on any atom is -0.339 e. The second kappa shape index (κ2) is 10.1. The van der Waals surface area contributed by atoms with Gasteiger partial charge in [-0.25, -0.2) is 15.0 Å². The summed E-state index contributed by atoms with van der Waals surface area (Å²) in [5.41, 5.74) is 3.27. The first kappa shape index (κ1) is 25.0. The fourth-order valence-corrected chi connectivity index (χ4v) is 4.46. The number of allylic oxidation sites excluding steroid dienone is 1. The average Bonchev–Trinajstić information content (AvgIpc) is 3.35. The van der Waals surface area contributed by atoms with Crippen LogP contribution in [0.5, 0.6) is 0 Å². The molecule has 3 aromatic heterocycles. The number of benzene rings is 3. The van der Waals surface area contributed by atoms with Crippen LogP contribution in [0.3, 0.4) is 0 Å². The lowest BCUT2D eigenvalue weighted by Crippen LogP contribution is -2.11. The summed E-state index contributed by atoms with van der Waals surface area (Å²) in [6.07, 6.45) is 0.467. The number of hydrogen-bond acceptors (Lipinski definition) is 6. The third-order valence-electron chi connectivity index (χ3n) is 6.20. The standard InChI is InChI=1S/C29H20F3N7O/c30-29(31,32)11-10-26(40)37-25-13-22-24(14-33-25)34-17-35-28(22)36-23-12-19-16-39(15-18-6-2-1-3-7-18)38-27(19)21-9-5-4-8-20(21)23/h1-14,16-17H,15H2,(H,33,37,40)(H,34,35,36). The number of aromatic nitrogens is 5. The third kappa shape index (κ3) is 5.30. The van der Waals surface area contributed by atoms with E-state index in [1.165, 1.54) is 18.6 Å². The molecular weight excluding hydrogens is 519 g/mol. The summed E-state index contributed by atoms with van der Waals surface area (Å²) in [5.74, 6) is -0.459. The molecule has 0 unspecified atom stereocenters. The third-order valence-corrected chi connectivity index (χ3v) is 6.20. The molecular formula is C29H20F3N7O. The van der Waals surface area contributed by atoms with Crippen LogP contribution in [0.4, 0.5) is 30.5 Å². The average molecular weight is 540 g/mol. The monoisotopic (exact) mass is 539 g/mol. The lowest BCUT2D eigenvalue weighted by Gasteiger charge is -2.12. The lowest BCUT2D eigenvalue weighted by atomic mass is 10.1. The first-order valence-electron chi connectivity index (χ1n) is 12.2. The molecule has 40 heavy (non-hydrogen) atoms. The van der Waals surface area contributed by atoms with Crippen LogP contribution in [0.2, 0.25) is 0 Å². The molecule has 1 amide bonds. The van der Waals surface area contributed by atoms with Gasteiger partial charge in [0.1, 0.15) is 23.5 Å². The number of anilines is 3. The summed E-state index contributed by atoms with van der Waals surface area (Å²) in [6, 6.07) is 21.4. The number of alkyl halides is 3. The Bertz CT molecular complexity index is 1900. The van der Waals surface area contributed by atoms with Crippen molar-refractivity contribution in [3.63, 3.8) is 0 Å². The predicted octanol–water partition coefficient (Wildman–Crippen LogP) is 6.38. The number of nitrogens with one attached hydrogen (secondary N) is 2. The van der Waals surface area contributed by atoms with Crippen molar-refractivity contribution in [3.8, 4) is 0 Å². The number of carbonyl (C=O) groups is 1. The van der Waals surface area contributed by atoms with Crippen LogP contribution < -0.4 is 10.6 Å². The topological polar surface area (TPSA) is 97.6 Å². The number of nitrogens with zero attached hydrogens (tertiary/aromatic N) is 5. The predicted molar refractivity (Wildman–Crippen MR) is 147 cm³/mol. The Morgan fingerprint density at radius 3 is 2.50 bits per heavy atom. The van der Waals surface area contributed by atoms with Crippen molar-refractivity contribution in [2.24, 2.45) is 0 Å². The molecule has 0 fully saturated rings. The van der Waals surface area contributed by atoms with Gasteiger partial charge in [-0.2, -0.15) is 18.3 Å². The van der Waals surface area contributed by atoms with Crippen LogP contribution in [0.15, 0.2) is 97.6 Å².